The molecule has 10 nitrogen and oxygen atoms in total. The van der Waals surface area contributed by atoms with Crippen molar-refractivity contribution in [1.82, 2.24) is 25.5 Å². The predicted molar refractivity (Wildman–Crippen MR) is 124 cm³/mol. The van der Waals surface area contributed by atoms with Crippen LogP contribution in [0.15, 0.2) is 24.3 Å². The van der Waals surface area contributed by atoms with Gasteiger partial charge in [0.15, 0.2) is 5.82 Å². The summed E-state index contributed by atoms with van der Waals surface area (Å²) >= 11 is 0. The van der Waals surface area contributed by atoms with Crippen LogP contribution in [0.3, 0.4) is 0 Å². The summed E-state index contributed by atoms with van der Waals surface area (Å²) in [5.74, 6) is 1.58. The first kappa shape index (κ1) is 21.4. The maximum Gasteiger partial charge on any atom is 0.319 e. The number of aromatic nitrogens is 2. The van der Waals surface area contributed by atoms with Crippen LogP contribution in [-0.4, -0.2) is 72.9 Å². The molecule has 3 aliphatic heterocycles. The van der Waals surface area contributed by atoms with Crippen molar-refractivity contribution in [2.75, 3.05) is 56.2 Å². The third-order valence-electron chi connectivity index (χ3n) is 6.32. The summed E-state index contributed by atoms with van der Waals surface area (Å²) in [6.07, 6.45) is 1.56. The highest BCUT2D eigenvalue weighted by molar-refractivity contribution is 5.89. The molecule has 1 aromatic heterocycles. The fourth-order valence-electron chi connectivity index (χ4n) is 4.70. The van der Waals surface area contributed by atoms with Crippen molar-refractivity contribution in [2.45, 2.75) is 25.8 Å². The second-order valence-electron chi connectivity index (χ2n) is 8.38. The summed E-state index contributed by atoms with van der Waals surface area (Å²) in [6.45, 7) is 6.67. The summed E-state index contributed by atoms with van der Waals surface area (Å²) in [4.78, 5) is 38.4. The second kappa shape index (κ2) is 9.22. The van der Waals surface area contributed by atoms with E-state index >= 15 is 0 Å². The topological polar surface area (TPSA) is 112 Å². The maximum absolute atomic E-state index is 12.5. The van der Waals surface area contributed by atoms with Crippen molar-refractivity contribution in [1.29, 1.82) is 0 Å². The molecular weight excluding hydrogens is 422 g/mol. The monoisotopic (exact) mass is 451 g/mol. The first-order valence-electron chi connectivity index (χ1n) is 11.6. The van der Waals surface area contributed by atoms with Crippen LogP contribution >= 0.6 is 0 Å². The van der Waals surface area contributed by atoms with Crippen LogP contribution in [0.25, 0.3) is 11.4 Å². The average molecular weight is 452 g/mol. The summed E-state index contributed by atoms with van der Waals surface area (Å²) < 4.78 is 5.56. The van der Waals surface area contributed by atoms with Gasteiger partial charge in [-0.3, -0.25) is 0 Å². The molecule has 0 aliphatic carbocycles. The molecule has 10 heteroatoms. The van der Waals surface area contributed by atoms with Gasteiger partial charge in [0, 0.05) is 49.5 Å². The van der Waals surface area contributed by atoms with Crippen LogP contribution in [-0.2, 0) is 11.2 Å². The van der Waals surface area contributed by atoms with E-state index < -0.39 is 0 Å². The van der Waals surface area contributed by atoms with Gasteiger partial charge < -0.3 is 30.5 Å². The van der Waals surface area contributed by atoms with Crippen molar-refractivity contribution in [2.24, 2.45) is 0 Å². The van der Waals surface area contributed by atoms with E-state index in [-0.39, 0.29) is 18.1 Å². The van der Waals surface area contributed by atoms with Gasteiger partial charge in [-0.1, -0.05) is 0 Å². The van der Waals surface area contributed by atoms with Crippen molar-refractivity contribution in [3.8, 4) is 11.4 Å². The first-order valence-corrected chi connectivity index (χ1v) is 11.6. The van der Waals surface area contributed by atoms with Gasteiger partial charge in [0.1, 0.15) is 5.82 Å². The Balaban J connectivity index is 1.52. The van der Waals surface area contributed by atoms with Crippen LogP contribution in [0.4, 0.5) is 21.1 Å². The van der Waals surface area contributed by atoms with E-state index in [9.17, 15) is 9.59 Å². The van der Waals surface area contributed by atoms with Crippen molar-refractivity contribution >= 4 is 23.6 Å². The normalized spacial score (nSPS) is 19.9. The molecule has 5 rings (SSSR count). The number of urea groups is 2. The molecule has 2 aromatic rings. The van der Waals surface area contributed by atoms with Gasteiger partial charge in [0.2, 0.25) is 0 Å². The Kier molecular flexibility index (Phi) is 5.99. The summed E-state index contributed by atoms with van der Waals surface area (Å²) in [5.41, 5.74) is 3.66. The fourth-order valence-corrected chi connectivity index (χ4v) is 4.70. The number of hydrogen-bond acceptors (Lipinski definition) is 6. The van der Waals surface area contributed by atoms with E-state index in [1.165, 1.54) is 0 Å². The highest BCUT2D eigenvalue weighted by Gasteiger charge is 2.37. The maximum atomic E-state index is 12.5. The Bertz CT molecular complexity index is 1040. The highest BCUT2D eigenvalue weighted by atomic mass is 16.5. The van der Waals surface area contributed by atoms with E-state index in [4.69, 9.17) is 14.7 Å². The molecule has 4 heterocycles. The quantitative estimate of drug-likeness (QED) is 0.657. The number of carbonyl (C=O) groups is 2. The lowest BCUT2D eigenvalue weighted by Crippen LogP contribution is -2.51. The van der Waals surface area contributed by atoms with Gasteiger partial charge in [-0.15, -0.1) is 0 Å². The van der Waals surface area contributed by atoms with Crippen LogP contribution < -0.4 is 20.9 Å². The molecule has 0 saturated carbocycles. The fraction of sp³-hybridized carbons (Fsp3) is 0.478. The zero-order chi connectivity index (χ0) is 22.8. The van der Waals surface area contributed by atoms with Gasteiger partial charge in [-0.2, -0.15) is 0 Å². The SMILES string of the molecule is CCNC(=O)Nc1ccc(-c2nc3c(c(N4CCOCC4)n2)CCN2C(=O)NCC[C@H]32)cc1. The predicted octanol–water partition coefficient (Wildman–Crippen LogP) is 2.13. The molecule has 33 heavy (non-hydrogen) atoms. The Morgan fingerprint density at radius 2 is 1.97 bits per heavy atom. The number of ether oxygens (including phenoxy) is 1. The van der Waals surface area contributed by atoms with E-state index in [0.717, 1.165) is 48.6 Å². The molecule has 1 atom stereocenters. The minimum absolute atomic E-state index is 0.0224. The zero-order valence-corrected chi connectivity index (χ0v) is 18.8. The Morgan fingerprint density at radius 3 is 2.73 bits per heavy atom. The number of nitrogens with one attached hydrogen (secondary N) is 3. The number of carbonyl (C=O) groups excluding carboxylic acids is 2. The third kappa shape index (κ3) is 4.30. The smallest absolute Gasteiger partial charge is 0.319 e. The molecule has 1 aromatic carbocycles. The molecule has 4 amide bonds. The second-order valence-corrected chi connectivity index (χ2v) is 8.38. The molecular formula is C23H29N7O3. The summed E-state index contributed by atoms with van der Waals surface area (Å²) in [6, 6.07) is 7.24. The van der Waals surface area contributed by atoms with E-state index in [1.807, 2.05) is 36.1 Å². The molecule has 0 radical (unpaired) electrons. The van der Waals surface area contributed by atoms with Gasteiger partial charge in [0.05, 0.1) is 24.9 Å². The third-order valence-corrected chi connectivity index (χ3v) is 6.32. The molecule has 2 fully saturated rings. The van der Waals surface area contributed by atoms with E-state index in [0.29, 0.717) is 44.4 Å². The number of anilines is 2. The lowest BCUT2D eigenvalue weighted by atomic mass is 9.94. The lowest BCUT2D eigenvalue weighted by Gasteiger charge is -2.41. The molecule has 3 aliphatic rings. The van der Waals surface area contributed by atoms with Crippen LogP contribution in [0, 0.1) is 0 Å². The Hall–Kier alpha value is -3.40. The molecule has 0 unspecified atom stereocenters. The number of fused-ring (bicyclic) bond motifs is 3. The van der Waals surface area contributed by atoms with Crippen molar-refractivity contribution < 1.29 is 14.3 Å². The molecule has 0 bridgehead atoms. The number of morpholine rings is 1. The van der Waals surface area contributed by atoms with Gasteiger partial charge in [0.25, 0.3) is 0 Å². The number of hydrogen-bond donors (Lipinski definition) is 3. The largest absolute Gasteiger partial charge is 0.378 e. The summed E-state index contributed by atoms with van der Waals surface area (Å²) in [7, 11) is 0. The number of benzene rings is 1. The van der Waals surface area contributed by atoms with Crippen LogP contribution in [0.5, 0.6) is 0 Å². The average Bonchev–Trinajstić information content (AvgIpc) is 2.84. The van der Waals surface area contributed by atoms with Gasteiger partial charge >= 0.3 is 12.1 Å². The molecule has 2 saturated heterocycles. The Morgan fingerprint density at radius 1 is 1.18 bits per heavy atom. The Labute approximate surface area is 192 Å². The van der Waals surface area contributed by atoms with Crippen LogP contribution in [0.1, 0.15) is 30.6 Å². The van der Waals surface area contributed by atoms with Gasteiger partial charge in [-0.05, 0) is 44.0 Å². The van der Waals surface area contributed by atoms with E-state index in [1.54, 1.807) is 0 Å². The molecule has 174 valence electrons. The molecule has 3 N–H and O–H groups in total. The van der Waals surface area contributed by atoms with Gasteiger partial charge in [-0.25, -0.2) is 19.6 Å². The number of rotatable bonds is 4. The summed E-state index contributed by atoms with van der Waals surface area (Å²) in [5, 5.41) is 8.48. The van der Waals surface area contributed by atoms with E-state index in [2.05, 4.69) is 20.9 Å². The zero-order valence-electron chi connectivity index (χ0n) is 18.8. The van der Waals surface area contributed by atoms with Crippen molar-refractivity contribution in [3.63, 3.8) is 0 Å². The minimum Gasteiger partial charge on any atom is -0.378 e. The van der Waals surface area contributed by atoms with Crippen LogP contribution in [0.2, 0.25) is 0 Å². The number of nitrogens with zero attached hydrogens (tertiary/aromatic N) is 4. The molecule has 0 spiro atoms. The standard InChI is InChI=1S/C23H29N7O3/c1-2-24-22(31)26-16-5-3-15(4-6-16)20-27-19-17(21(28-20)29-11-13-33-14-12-29)8-10-30-18(19)7-9-25-23(30)32/h3-6,18H,2,7-14H2,1H3,(H,25,32)(H2,24,26,31)/t18-/m1/s1. The lowest BCUT2D eigenvalue weighted by molar-refractivity contribution is 0.122. The number of amides is 4. The highest BCUT2D eigenvalue weighted by Crippen LogP contribution is 2.38. The first-order chi connectivity index (χ1) is 16.1. The van der Waals surface area contributed by atoms with Crippen molar-refractivity contribution in [3.05, 3.63) is 35.5 Å². The minimum atomic E-state index is -0.236.